The maximum Gasteiger partial charge on any atom is 0.0698 e. The molecular weight excluding hydrogens is 304 g/mol. The number of aliphatic imine (C=N–C) groups is 2. The van der Waals surface area contributed by atoms with Gasteiger partial charge in [0.15, 0.2) is 0 Å². The van der Waals surface area contributed by atoms with Crippen LogP contribution in [0.4, 0.5) is 5.69 Å². The van der Waals surface area contributed by atoms with Crippen LogP contribution in [0, 0.1) is 0 Å². The zero-order valence-corrected chi connectivity index (χ0v) is 16.0. The number of fused-ring (bicyclic) bond motifs is 1. The molecule has 1 aliphatic carbocycles. The van der Waals surface area contributed by atoms with E-state index in [-0.39, 0.29) is 0 Å². The lowest BCUT2D eigenvalue weighted by Gasteiger charge is -1.95. The van der Waals surface area contributed by atoms with E-state index in [4.69, 9.17) is 0 Å². The highest BCUT2D eigenvalue weighted by Crippen LogP contribution is 2.27. The summed E-state index contributed by atoms with van der Waals surface area (Å²) < 4.78 is 0. The normalized spacial score (nSPS) is 15.4. The van der Waals surface area contributed by atoms with Gasteiger partial charge in [0, 0.05) is 24.5 Å². The second-order valence-corrected chi connectivity index (χ2v) is 5.09. The number of benzene rings is 1. The molecule has 1 aromatic carbocycles. The summed E-state index contributed by atoms with van der Waals surface area (Å²) in [7, 11) is 0. The van der Waals surface area contributed by atoms with Crippen LogP contribution in [0.3, 0.4) is 0 Å². The second-order valence-electron chi connectivity index (χ2n) is 5.09. The Morgan fingerprint density at radius 3 is 2.60 bits per heavy atom. The van der Waals surface area contributed by atoms with Crippen LogP contribution in [0.1, 0.15) is 58.9 Å². The molecular formula is C23H30N2. The molecule has 3 aliphatic rings. The first kappa shape index (κ1) is 20.6. The van der Waals surface area contributed by atoms with E-state index in [1.807, 2.05) is 64.4 Å². The van der Waals surface area contributed by atoms with E-state index in [0.717, 1.165) is 18.5 Å². The third-order valence-electron chi connectivity index (χ3n) is 3.60. The summed E-state index contributed by atoms with van der Waals surface area (Å²) >= 11 is 0. The Morgan fingerprint density at radius 2 is 1.76 bits per heavy atom. The van der Waals surface area contributed by atoms with Gasteiger partial charge < -0.3 is 0 Å². The summed E-state index contributed by atoms with van der Waals surface area (Å²) in [5, 5.41) is 0. The molecule has 0 atom stereocenters. The molecule has 0 saturated heterocycles. The van der Waals surface area contributed by atoms with Crippen molar-refractivity contribution in [2.45, 2.75) is 53.4 Å². The Morgan fingerprint density at radius 1 is 0.960 bits per heavy atom. The highest BCUT2D eigenvalue weighted by molar-refractivity contribution is 5.75. The molecule has 0 aromatic heterocycles. The standard InChI is InChI=1S/C10H9N.C9H9N.2C2H6/c1-2-7-10-9(5-1)6-3-4-8-11-10;1-2-7-10-9-6-3-5-8(9)4-1;2*1-2/h1-3,5-8H,4H2;2,4,7H,3,5-6H2;2*1-2H3. The monoisotopic (exact) mass is 334 g/mol. The Bertz CT molecular complexity index is 666. The van der Waals surface area contributed by atoms with E-state index in [1.54, 1.807) is 0 Å². The molecule has 0 radical (unpaired) electrons. The van der Waals surface area contributed by atoms with Crippen molar-refractivity contribution in [3.63, 3.8) is 0 Å². The maximum absolute atomic E-state index is 4.30. The Kier molecular flexibility index (Phi) is 10.6. The fraction of sp³-hybridized carbons (Fsp3) is 0.348. The van der Waals surface area contributed by atoms with Crippen LogP contribution in [0.15, 0.2) is 69.5 Å². The third kappa shape index (κ3) is 6.91. The van der Waals surface area contributed by atoms with Crippen LogP contribution in [0.2, 0.25) is 0 Å². The van der Waals surface area contributed by atoms with Crippen molar-refractivity contribution in [3.8, 4) is 0 Å². The van der Waals surface area contributed by atoms with Crippen LogP contribution in [-0.2, 0) is 0 Å². The molecule has 0 saturated carbocycles. The summed E-state index contributed by atoms with van der Waals surface area (Å²) in [6.07, 6.45) is 16.4. The van der Waals surface area contributed by atoms with Crippen LogP contribution < -0.4 is 0 Å². The van der Waals surface area contributed by atoms with E-state index in [0.29, 0.717) is 0 Å². The minimum atomic E-state index is 0.939. The van der Waals surface area contributed by atoms with Crippen molar-refractivity contribution in [1.82, 2.24) is 0 Å². The SMILES string of the molecule is C1=CC=NC2=C(C=1)CCC2.C1=Cc2ccccc2N=CC1.CC.CC. The van der Waals surface area contributed by atoms with E-state index >= 15 is 0 Å². The zero-order valence-electron chi connectivity index (χ0n) is 16.0. The molecule has 0 amide bonds. The number of hydrogen-bond donors (Lipinski definition) is 0. The van der Waals surface area contributed by atoms with Gasteiger partial charge in [-0.3, -0.25) is 9.98 Å². The molecule has 132 valence electrons. The molecule has 25 heavy (non-hydrogen) atoms. The number of allylic oxidation sites excluding steroid dienone is 4. The summed E-state index contributed by atoms with van der Waals surface area (Å²) in [5.41, 5.74) is 7.99. The number of nitrogens with zero attached hydrogens (tertiary/aromatic N) is 2. The highest BCUT2D eigenvalue weighted by Gasteiger charge is 2.10. The van der Waals surface area contributed by atoms with Crippen molar-refractivity contribution in [2.24, 2.45) is 9.98 Å². The molecule has 2 heteroatoms. The molecule has 2 nitrogen and oxygen atoms in total. The molecule has 0 N–H and O–H groups in total. The largest absolute Gasteiger partial charge is 0.260 e. The maximum atomic E-state index is 4.30. The summed E-state index contributed by atoms with van der Waals surface area (Å²) in [6, 6.07) is 8.15. The van der Waals surface area contributed by atoms with Crippen molar-refractivity contribution in [3.05, 3.63) is 65.1 Å². The number of rotatable bonds is 0. The zero-order chi connectivity index (χ0) is 18.3. The Labute approximate surface area is 153 Å². The molecule has 0 unspecified atom stereocenters. The number of para-hydroxylation sites is 1. The minimum Gasteiger partial charge on any atom is -0.260 e. The lowest BCUT2D eigenvalue weighted by atomic mass is 10.2. The average molecular weight is 335 g/mol. The van der Waals surface area contributed by atoms with Gasteiger partial charge in [-0.25, -0.2) is 0 Å². The first-order chi connectivity index (χ1) is 12.4. The molecule has 4 rings (SSSR count). The van der Waals surface area contributed by atoms with Gasteiger partial charge in [-0.05, 0) is 48.6 Å². The van der Waals surface area contributed by atoms with E-state index in [9.17, 15) is 0 Å². The van der Waals surface area contributed by atoms with Crippen LogP contribution in [0.25, 0.3) is 6.08 Å². The predicted molar refractivity (Wildman–Crippen MR) is 113 cm³/mol. The van der Waals surface area contributed by atoms with Crippen molar-refractivity contribution >= 4 is 24.2 Å². The van der Waals surface area contributed by atoms with E-state index in [2.05, 4.69) is 40.0 Å². The van der Waals surface area contributed by atoms with Crippen molar-refractivity contribution < 1.29 is 0 Å². The smallest absolute Gasteiger partial charge is 0.0698 e. The molecule has 0 bridgehead atoms. The van der Waals surface area contributed by atoms with Gasteiger partial charge >= 0.3 is 0 Å². The fourth-order valence-electron chi connectivity index (χ4n) is 2.53. The quantitative estimate of drug-likeness (QED) is 0.453. The number of hydrogen-bond acceptors (Lipinski definition) is 2. The molecule has 2 aliphatic heterocycles. The van der Waals surface area contributed by atoms with Gasteiger partial charge in [0.25, 0.3) is 0 Å². The van der Waals surface area contributed by atoms with Crippen LogP contribution >= 0.6 is 0 Å². The van der Waals surface area contributed by atoms with Crippen LogP contribution in [-0.4, -0.2) is 12.4 Å². The Balaban J connectivity index is 0.000000210. The van der Waals surface area contributed by atoms with Gasteiger partial charge in [-0.2, -0.15) is 0 Å². The third-order valence-corrected chi connectivity index (χ3v) is 3.60. The minimum absolute atomic E-state index is 0.939. The highest BCUT2D eigenvalue weighted by atomic mass is 14.7. The summed E-state index contributed by atoms with van der Waals surface area (Å²) in [5.74, 6) is 0. The lowest BCUT2D eigenvalue weighted by molar-refractivity contribution is 0.894. The molecule has 0 fully saturated rings. The first-order valence-electron chi connectivity index (χ1n) is 9.39. The summed E-state index contributed by atoms with van der Waals surface area (Å²) in [4.78, 5) is 8.59. The van der Waals surface area contributed by atoms with Gasteiger partial charge in [-0.15, -0.1) is 5.73 Å². The van der Waals surface area contributed by atoms with Crippen molar-refractivity contribution in [1.29, 1.82) is 0 Å². The summed E-state index contributed by atoms with van der Waals surface area (Å²) in [6.45, 7) is 8.00. The molecule has 2 heterocycles. The van der Waals surface area contributed by atoms with Gasteiger partial charge in [0.1, 0.15) is 0 Å². The first-order valence-corrected chi connectivity index (χ1v) is 9.39. The van der Waals surface area contributed by atoms with E-state index < -0.39 is 0 Å². The Hall–Kier alpha value is -2.44. The van der Waals surface area contributed by atoms with Gasteiger partial charge in [0.05, 0.1) is 5.69 Å². The van der Waals surface area contributed by atoms with Crippen molar-refractivity contribution in [2.75, 3.05) is 0 Å². The second kappa shape index (κ2) is 12.9. The molecule has 1 aromatic rings. The van der Waals surface area contributed by atoms with Gasteiger partial charge in [0.2, 0.25) is 0 Å². The molecule has 0 spiro atoms. The lowest BCUT2D eigenvalue weighted by Crippen LogP contribution is -1.73. The van der Waals surface area contributed by atoms with Crippen LogP contribution in [0.5, 0.6) is 0 Å². The fourth-order valence-corrected chi connectivity index (χ4v) is 2.53. The predicted octanol–water partition coefficient (Wildman–Crippen LogP) is 7.08. The van der Waals surface area contributed by atoms with E-state index in [1.165, 1.54) is 29.7 Å². The topological polar surface area (TPSA) is 24.7 Å². The average Bonchev–Trinajstić information content (AvgIpc) is 2.89. The van der Waals surface area contributed by atoms with Gasteiger partial charge in [-0.1, -0.05) is 58.0 Å².